The Hall–Kier alpha value is -5.17. The number of fused-ring (bicyclic) bond motifs is 1. The largest absolute Gasteiger partial charge is 0.508 e. The van der Waals surface area contributed by atoms with E-state index in [9.17, 15) is 14.7 Å². The van der Waals surface area contributed by atoms with E-state index in [-0.39, 0.29) is 47.3 Å². The van der Waals surface area contributed by atoms with E-state index in [1.807, 2.05) is 23.1 Å². The van der Waals surface area contributed by atoms with Gasteiger partial charge in [-0.3, -0.25) is 24.1 Å². The lowest BCUT2D eigenvalue weighted by atomic mass is 9.91. The molecule has 0 aliphatic carbocycles. The second kappa shape index (κ2) is 15.2. The summed E-state index contributed by atoms with van der Waals surface area (Å²) in [6, 6.07) is 17.1. The maximum absolute atomic E-state index is 15.6. The number of rotatable bonds is 8. The Balaban J connectivity index is 0.00000464. The third-order valence-electron chi connectivity index (χ3n) is 9.89. The number of carbonyl (C=O) groups excluding carboxylic acids is 2. The SMILES string of the molecule is COc1cc(C(=O)N2Cc3ccccc3C[C@H]2CN2CCOCC2)c(-c2[nH]c(C)c(C(=O)N(c3ccc(O)cc3)c3cnn(C)c3)c2C)cc1F.Cl. The number of nitrogens with one attached hydrogen (secondary N) is 1. The van der Waals surface area contributed by atoms with Gasteiger partial charge in [-0.15, -0.1) is 12.4 Å². The number of aromatic nitrogens is 3. The number of halogens is 2. The van der Waals surface area contributed by atoms with Crippen LogP contribution in [0.3, 0.4) is 0 Å². The van der Waals surface area contributed by atoms with Gasteiger partial charge in [0.15, 0.2) is 11.6 Å². The van der Waals surface area contributed by atoms with Crippen molar-refractivity contribution in [2.24, 2.45) is 7.05 Å². The number of aromatic hydroxyl groups is 1. The van der Waals surface area contributed by atoms with E-state index >= 15 is 4.39 Å². The highest BCUT2D eigenvalue weighted by molar-refractivity contribution is 6.13. The van der Waals surface area contributed by atoms with E-state index in [0.29, 0.717) is 72.2 Å². The number of hydrogen-bond acceptors (Lipinski definition) is 7. The second-order valence-corrected chi connectivity index (χ2v) is 13.2. The molecule has 1 saturated heterocycles. The summed E-state index contributed by atoms with van der Waals surface area (Å²) in [5.41, 5.74) is 5.86. The average Bonchev–Trinajstić information content (AvgIpc) is 3.69. The Bertz CT molecular complexity index is 2090. The van der Waals surface area contributed by atoms with Gasteiger partial charge in [0.1, 0.15) is 5.75 Å². The lowest BCUT2D eigenvalue weighted by Gasteiger charge is -2.40. The third-order valence-corrected chi connectivity index (χ3v) is 9.89. The first-order valence-corrected chi connectivity index (χ1v) is 17.0. The summed E-state index contributed by atoms with van der Waals surface area (Å²) >= 11 is 0. The zero-order valence-corrected chi connectivity index (χ0v) is 30.4. The number of amides is 2. The Morgan fingerprint density at radius 2 is 1.77 bits per heavy atom. The van der Waals surface area contributed by atoms with Gasteiger partial charge in [-0.25, -0.2) is 4.39 Å². The Morgan fingerprint density at radius 1 is 1.06 bits per heavy atom. The first kappa shape index (κ1) is 36.6. The normalized spacial score (nSPS) is 15.9. The number of aromatic amines is 1. The molecule has 11 nitrogen and oxygen atoms in total. The summed E-state index contributed by atoms with van der Waals surface area (Å²) in [6.45, 7) is 7.52. The van der Waals surface area contributed by atoms with Crippen LogP contribution in [0.2, 0.25) is 0 Å². The molecule has 1 fully saturated rings. The molecule has 0 saturated carbocycles. The molecule has 0 spiro atoms. The van der Waals surface area contributed by atoms with Crippen molar-refractivity contribution in [1.82, 2.24) is 24.6 Å². The number of H-pyrrole nitrogens is 1. The number of anilines is 2. The summed E-state index contributed by atoms with van der Waals surface area (Å²) in [4.78, 5) is 38.5. The lowest BCUT2D eigenvalue weighted by molar-refractivity contribution is 0.0193. The number of hydrogen-bond donors (Lipinski definition) is 2. The molecule has 2 aromatic heterocycles. The summed E-state index contributed by atoms with van der Waals surface area (Å²) in [6.07, 6.45) is 4.00. The molecule has 2 amide bonds. The van der Waals surface area contributed by atoms with Crippen LogP contribution in [0.5, 0.6) is 11.5 Å². The molecule has 5 aromatic rings. The molecule has 0 bridgehead atoms. The van der Waals surface area contributed by atoms with Gasteiger partial charge in [-0.2, -0.15) is 5.10 Å². The van der Waals surface area contributed by atoms with Crippen LogP contribution in [-0.4, -0.2) is 87.5 Å². The van der Waals surface area contributed by atoms with E-state index in [1.165, 1.54) is 41.8 Å². The van der Waals surface area contributed by atoms with Crippen molar-refractivity contribution in [3.63, 3.8) is 0 Å². The van der Waals surface area contributed by atoms with Crippen molar-refractivity contribution in [1.29, 1.82) is 0 Å². The van der Waals surface area contributed by atoms with Crippen molar-refractivity contribution in [3.05, 3.63) is 112 Å². The number of ether oxygens (including phenoxy) is 2. The fourth-order valence-corrected chi connectivity index (χ4v) is 7.28. The molecule has 272 valence electrons. The third kappa shape index (κ3) is 7.01. The zero-order chi connectivity index (χ0) is 35.8. The smallest absolute Gasteiger partial charge is 0.265 e. The standard InChI is InChI=1S/C39H41FN6O5.ClH/c1-24-36(39(49)46(30-20-41-43(3)22-30)28-9-11-31(47)12-10-28)25(2)42-37(24)32-18-34(40)35(50-4)19-33(32)38(48)45-21-27-8-6-5-7-26(27)17-29(45)23-44-13-15-51-16-14-44;/h5-12,18-20,22,29,42,47H,13-17,21,23H2,1-4H3;1H/t29-;/m0./s1. The number of phenols is 1. The van der Waals surface area contributed by atoms with Crippen molar-refractivity contribution in [2.45, 2.75) is 32.9 Å². The molecule has 7 rings (SSSR count). The van der Waals surface area contributed by atoms with Crippen molar-refractivity contribution >= 4 is 35.6 Å². The van der Waals surface area contributed by atoms with Crippen LogP contribution in [-0.2, 0) is 24.8 Å². The Kier molecular flexibility index (Phi) is 10.7. The maximum Gasteiger partial charge on any atom is 0.265 e. The van der Waals surface area contributed by atoms with Crippen molar-refractivity contribution < 1.29 is 28.6 Å². The molecule has 13 heteroatoms. The van der Waals surface area contributed by atoms with Gasteiger partial charge in [0.2, 0.25) is 0 Å². The molecule has 52 heavy (non-hydrogen) atoms. The zero-order valence-electron chi connectivity index (χ0n) is 29.6. The van der Waals surface area contributed by atoms with Crippen LogP contribution in [0, 0.1) is 19.7 Å². The van der Waals surface area contributed by atoms with E-state index in [1.54, 1.807) is 50.1 Å². The van der Waals surface area contributed by atoms with E-state index < -0.39 is 5.82 Å². The minimum absolute atomic E-state index is 0. The highest BCUT2D eigenvalue weighted by Gasteiger charge is 2.35. The van der Waals surface area contributed by atoms with Crippen molar-refractivity contribution in [3.8, 4) is 22.8 Å². The summed E-state index contributed by atoms with van der Waals surface area (Å²) < 4.78 is 28.2. The molecule has 1 atom stereocenters. The maximum atomic E-state index is 15.6. The summed E-state index contributed by atoms with van der Waals surface area (Å²) in [5.74, 6) is -1.21. The molecule has 0 radical (unpaired) electrons. The van der Waals surface area contributed by atoms with Crippen LogP contribution in [0.4, 0.5) is 15.8 Å². The van der Waals surface area contributed by atoms with E-state index in [0.717, 1.165) is 18.7 Å². The topological polar surface area (TPSA) is 116 Å². The number of aryl methyl sites for hydroxylation is 2. The number of morpholine rings is 1. The summed E-state index contributed by atoms with van der Waals surface area (Å²) in [7, 11) is 3.14. The minimum atomic E-state index is -0.626. The van der Waals surface area contributed by atoms with Crippen LogP contribution >= 0.6 is 12.4 Å². The first-order valence-electron chi connectivity index (χ1n) is 17.0. The van der Waals surface area contributed by atoms with Gasteiger partial charge in [-0.1, -0.05) is 24.3 Å². The molecular formula is C39H42ClFN6O5. The van der Waals surface area contributed by atoms with Crippen LogP contribution < -0.4 is 9.64 Å². The van der Waals surface area contributed by atoms with Crippen LogP contribution in [0.25, 0.3) is 11.3 Å². The summed E-state index contributed by atoms with van der Waals surface area (Å²) in [5, 5.41) is 14.2. The van der Waals surface area contributed by atoms with Gasteiger partial charge in [-0.05, 0) is 73.4 Å². The van der Waals surface area contributed by atoms with E-state index in [4.69, 9.17) is 9.47 Å². The Morgan fingerprint density at radius 3 is 2.44 bits per heavy atom. The molecule has 2 aliphatic heterocycles. The van der Waals surface area contributed by atoms with Gasteiger partial charge < -0.3 is 24.5 Å². The monoisotopic (exact) mass is 728 g/mol. The number of benzene rings is 3. The van der Waals surface area contributed by atoms with E-state index in [2.05, 4.69) is 21.0 Å². The second-order valence-electron chi connectivity index (χ2n) is 13.2. The highest BCUT2D eigenvalue weighted by Crippen LogP contribution is 2.38. The van der Waals surface area contributed by atoms with Crippen LogP contribution in [0.15, 0.2) is 73.1 Å². The molecule has 3 aromatic carbocycles. The quantitative estimate of drug-likeness (QED) is 0.196. The fraction of sp³-hybridized carbons (Fsp3) is 0.308. The first-order chi connectivity index (χ1) is 24.6. The van der Waals surface area contributed by atoms with Gasteiger partial charge in [0.25, 0.3) is 11.8 Å². The molecular weight excluding hydrogens is 687 g/mol. The van der Waals surface area contributed by atoms with Crippen molar-refractivity contribution in [2.75, 3.05) is 44.9 Å². The molecule has 0 unspecified atom stereocenters. The van der Waals surface area contributed by atoms with Gasteiger partial charge in [0.05, 0.1) is 49.0 Å². The lowest BCUT2D eigenvalue weighted by Crippen LogP contribution is -2.52. The number of carbonyl (C=O) groups is 2. The van der Waals surface area contributed by atoms with Gasteiger partial charge >= 0.3 is 0 Å². The fourth-order valence-electron chi connectivity index (χ4n) is 7.28. The highest BCUT2D eigenvalue weighted by atomic mass is 35.5. The average molecular weight is 729 g/mol. The molecule has 2 N–H and O–H groups in total. The predicted molar refractivity (Wildman–Crippen MR) is 198 cm³/mol. The minimum Gasteiger partial charge on any atom is -0.508 e. The van der Waals surface area contributed by atoms with Crippen LogP contribution in [0.1, 0.15) is 43.1 Å². The number of methoxy groups -OCH3 is 1. The molecule has 4 heterocycles. The number of nitrogens with zero attached hydrogens (tertiary/aromatic N) is 5. The predicted octanol–water partition coefficient (Wildman–Crippen LogP) is 6.18. The number of phenolic OH excluding ortho intramolecular Hbond substituents is 1. The Labute approximate surface area is 308 Å². The van der Waals surface area contributed by atoms with Gasteiger partial charge in [0, 0.05) is 62.4 Å². The molecule has 2 aliphatic rings.